The van der Waals surface area contributed by atoms with Gasteiger partial charge in [-0.3, -0.25) is 0 Å². The molecule has 0 aromatic heterocycles. The van der Waals surface area contributed by atoms with Crippen molar-refractivity contribution in [1.29, 1.82) is 0 Å². The van der Waals surface area contributed by atoms with Crippen molar-refractivity contribution in [1.82, 2.24) is 0 Å². The van der Waals surface area contributed by atoms with E-state index in [-0.39, 0.29) is 0 Å². The first-order valence-corrected chi connectivity index (χ1v) is 9.53. The molecule has 0 aliphatic carbocycles. The van der Waals surface area contributed by atoms with Crippen molar-refractivity contribution in [3.05, 3.63) is 81.9 Å². The average Bonchev–Trinajstić information content (AvgIpc) is 2.67. The van der Waals surface area contributed by atoms with Gasteiger partial charge in [0.2, 0.25) is 0 Å². The van der Waals surface area contributed by atoms with E-state index in [0.717, 1.165) is 27.8 Å². The molecule has 28 heavy (non-hydrogen) atoms. The first-order valence-electron chi connectivity index (χ1n) is 9.53. The molecule has 2 aromatic rings. The fourth-order valence-electron chi connectivity index (χ4n) is 3.48. The molecule has 0 radical (unpaired) electrons. The zero-order valence-electron chi connectivity index (χ0n) is 17.2. The molecule has 0 bridgehead atoms. The van der Waals surface area contributed by atoms with E-state index in [0.29, 0.717) is 12.0 Å². The Morgan fingerprint density at radius 3 is 1.50 bits per heavy atom. The zero-order valence-corrected chi connectivity index (χ0v) is 17.2. The van der Waals surface area contributed by atoms with Gasteiger partial charge in [-0.25, -0.2) is 4.79 Å². The molecular weight excluding hydrogens is 352 g/mol. The Morgan fingerprint density at radius 1 is 0.857 bits per heavy atom. The minimum absolute atomic E-state index is 0.354. The normalized spacial score (nSPS) is 16.7. The first-order chi connectivity index (χ1) is 13.1. The van der Waals surface area contributed by atoms with Crippen LogP contribution in [0.25, 0.3) is 0 Å². The lowest BCUT2D eigenvalue weighted by molar-refractivity contribution is -0.132. The molecule has 0 saturated carbocycles. The fraction of sp³-hybridized carbons (Fsp3) is 0.375. The van der Waals surface area contributed by atoms with Crippen molar-refractivity contribution >= 4 is 5.97 Å². The van der Waals surface area contributed by atoms with Crippen LogP contribution in [0.4, 0.5) is 0 Å². The predicted molar refractivity (Wildman–Crippen MR) is 111 cm³/mol. The number of carboxylic acid groups (broad SMARTS) is 1. The Bertz CT molecular complexity index is 792. The van der Waals surface area contributed by atoms with E-state index in [1.807, 2.05) is 55.5 Å². The maximum atomic E-state index is 11.4. The van der Waals surface area contributed by atoms with E-state index in [4.69, 9.17) is 0 Å². The summed E-state index contributed by atoms with van der Waals surface area (Å²) in [5, 5.41) is 29.0. The summed E-state index contributed by atoms with van der Waals surface area (Å²) in [7, 11) is 0. The highest BCUT2D eigenvalue weighted by Crippen LogP contribution is 2.39. The fourth-order valence-corrected chi connectivity index (χ4v) is 3.48. The minimum Gasteiger partial charge on any atom is -0.478 e. The van der Waals surface area contributed by atoms with Crippen LogP contribution in [0.15, 0.2) is 59.7 Å². The van der Waals surface area contributed by atoms with Crippen LogP contribution in [0.3, 0.4) is 0 Å². The second-order valence-electron chi connectivity index (χ2n) is 7.82. The molecule has 0 heterocycles. The van der Waals surface area contributed by atoms with Crippen LogP contribution in [0.1, 0.15) is 75.5 Å². The Kier molecular flexibility index (Phi) is 6.81. The number of hydrogen-bond donors (Lipinski definition) is 3. The smallest absolute Gasteiger partial charge is 0.331 e. The van der Waals surface area contributed by atoms with Crippen molar-refractivity contribution in [2.24, 2.45) is 0 Å². The number of carboxylic acids is 1. The molecular formula is C24H30O4. The van der Waals surface area contributed by atoms with E-state index in [1.165, 1.54) is 0 Å². The topological polar surface area (TPSA) is 77.8 Å². The van der Waals surface area contributed by atoms with E-state index in [2.05, 4.69) is 6.92 Å². The van der Waals surface area contributed by atoms with Crippen LogP contribution in [-0.4, -0.2) is 21.3 Å². The predicted octanol–water partition coefficient (Wildman–Crippen LogP) is 4.91. The van der Waals surface area contributed by atoms with Crippen molar-refractivity contribution < 1.29 is 20.1 Å². The summed E-state index contributed by atoms with van der Waals surface area (Å²) in [5.74, 6) is -0.909. The Labute approximate surface area is 167 Å². The standard InChI is InChI=1S/C24H30O4/c1-15(16(2)23(27)28)14-24(5,21-10-6-19(7-11-21)17(3)25)22-12-8-20(9-13-22)18(4)26/h6-13,17-18,25-26H,14H2,1-5H3,(H,27,28). The monoisotopic (exact) mass is 382 g/mol. The van der Waals surface area contributed by atoms with Gasteiger partial charge in [0.05, 0.1) is 12.2 Å². The third-order valence-electron chi connectivity index (χ3n) is 5.64. The highest BCUT2D eigenvalue weighted by molar-refractivity contribution is 5.86. The summed E-state index contributed by atoms with van der Waals surface area (Å²) in [6.45, 7) is 9.04. The van der Waals surface area contributed by atoms with Gasteiger partial charge in [-0.15, -0.1) is 0 Å². The molecule has 0 fully saturated rings. The van der Waals surface area contributed by atoms with Crippen molar-refractivity contribution in [2.75, 3.05) is 0 Å². The van der Waals surface area contributed by atoms with E-state index < -0.39 is 23.6 Å². The minimum atomic E-state index is -0.909. The molecule has 0 saturated heterocycles. The lowest BCUT2D eigenvalue weighted by Crippen LogP contribution is -2.25. The summed E-state index contributed by atoms with van der Waals surface area (Å²) < 4.78 is 0. The van der Waals surface area contributed by atoms with Crippen LogP contribution >= 0.6 is 0 Å². The molecule has 0 aliphatic heterocycles. The third-order valence-corrected chi connectivity index (χ3v) is 5.64. The molecule has 0 aliphatic rings. The Morgan fingerprint density at radius 2 is 1.21 bits per heavy atom. The van der Waals surface area contributed by atoms with Gasteiger partial charge in [-0.2, -0.15) is 0 Å². The van der Waals surface area contributed by atoms with Gasteiger partial charge in [0, 0.05) is 11.0 Å². The number of hydrogen-bond acceptors (Lipinski definition) is 3. The number of allylic oxidation sites excluding steroid dienone is 1. The van der Waals surface area contributed by atoms with E-state index >= 15 is 0 Å². The van der Waals surface area contributed by atoms with E-state index in [1.54, 1.807) is 20.8 Å². The number of aliphatic carboxylic acids is 1. The largest absolute Gasteiger partial charge is 0.478 e. The van der Waals surface area contributed by atoms with Gasteiger partial charge in [0.15, 0.2) is 0 Å². The summed E-state index contributed by atoms with van der Waals surface area (Å²) >= 11 is 0. The lowest BCUT2D eigenvalue weighted by atomic mass is 9.71. The lowest BCUT2D eigenvalue weighted by Gasteiger charge is -2.32. The quantitative estimate of drug-likeness (QED) is 0.595. The number of benzene rings is 2. The number of carbonyl (C=O) groups is 1. The molecule has 0 spiro atoms. The number of aliphatic hydroxyl groups is 2. The molecule has 150 valence electrons. The van der Waals surface area contributed by atoms with Crippen LogP contribution in [0.5, 0.6) is 0 Å². The molecule has 2 aromatic carbocycles. The second kappa shape index (κ2) is 8.72. The summed E-state index contributed by atoms with van der Waals surface area (Å²) in [4.78, 5) is 11.4. The van der Waals surface area contributed by atoms with Gasteiger partial charge in [-0.1, -0.05) is 61.0 Å². The van der Waals surface area contributed by atoms with Crippen molar-refractivity contribution in [2.45, 2.75) is 58.7 Å². The SMILES string of the molecule is CC(CC(C)(c1ccc(C(C)O)cc1)c1ccc(C(C)O)cc1)=C(C)C(=O)O. The number of aliphatic hydroxyl groups excluding tert-OH is 2. The Balaban J connectivity index is 2.57. The maximum Gasteiger partial charge on any atom is 0.331 e. The molecule has 4 nitrogen and oxygen atoms in total. The average molecular weight is 383 g/mol. The summed E-state index contributed by atoms with van der Waals surface area (Å²) in [5.41, 5.74) is 4.48. The zero-order chi connectivity index (χ0) is 21.1. The van der Waals surface area contributed by atoms with E-state index in [9.17, 15) is 20.1 Å². The second-order valence-corrected chi connectivity index (χ2v) is 7.82. The first kappa shape index (κ1) is 21.9. The van der Waals surface area contributed by atoms with Gasteiger partial charge in [0.1, 0.15) is 0 Å². The number of rotatable bonds is 7. The molecule has 2 atom stereocenters. The highest BCUT2D eigenvalue weighted by atomic mass is 16.4. The van der Waals surface area contributed by atoms with Crippen LogP contribution in [0.2, 0.25) is 0 Å². The van der Waals surface area contributed by atoms with Crippen molar-refractivity contribution in [3.63, 3.8) is 0 Å². The molecule has 0 amide bonds. The van der Waals surface area contributed by atoms with Crippen LogP contribution in [0, 0.1) is 0 Å². The van der Waals surface area contributed by atoms with Gasteiger partial charge in [0.25, 0.3) is 0 Å². The van der Waals surface area contributed by atoms with Crippen LogP contribution in [-0.2, 0) is 10.2 Å². The van der Waals surface area contributed by atoms with Gasteiger partial charge >= 0.3 is 5.97 Å². The molecule has 3 N–H and O–H groups in total. The molecule has 4 heteroatoms. The van der Waals surface area contributed by atoms with Gasteiger partial charge in [-0.05, 0) is 56.4 Å². The summed E-state index contributed by atoms with van der Waals surface area (Å²) in [6.07, 6.45) is -0.532. The van der Waals surface area contributed by atoms with Gasteiger partial charge < -0.3 is 15.3 Å². The summed E-state index contributed by atoms with van der Waals surface area (Å²) in [6, 6.07) is 15.6. The molecule has 2 rings (SSSR count). The molecule has 2 unspecified atom stereocenters. The maximum absolute atomic E-state index is 11.4. The highest BCUT2D eigenvalue weighted by Gasteiger charge is 2.30. The Hall–Kier alpha value is -2.43. The van der Waals surface area contributed by atoms with Crippen LogP contribution < -0.4 is 0 Å². The third kappa shape index (κ3) is 4.70. The van der Waals surface area contributed by atoms with Crippen molar-refractivity contribution in [3.8, 4) is 0 Å².